The number of nitrogens with zero attached hydrogens (tertiary/aromatic N) is 2. The minimum atomic E-state index is -0.174. The van der Waals surface area contributed by atoms with E-state index in [1.165, 1.54) is 0 Å². The number of benzene rings is 1. The molecule has 90 valence electrons. The Morgan fingerprint density at radius 3 is 3.11 bits per heavy atom. The zero-order valence-corrected chi connectivity index (χ0v) is 9.68. The molecule has 0 atom stereocenters. The van der Waals surface area contributed by atoms with Crippen molar-refractivity contribution in [1.82, 2.24) is 15.3 Å². The lowest BCUT2D eigenvalue weighted by atomic mass is 10.1. The van der Waals surface area contributed by atoms with Crippen molar-refractivity contribution in [2.24, 2.45) is 0 Å². The third kappa shape index (κ3) is 2.95. The molecule has 1 aromatic carbocycles. The second-order valence-electron chi connectivity index (χ2n) is 3.78. The molecular formula is C13H12N4O. The molecule has 0 aliphatic heterocycles. The van der Waals surface area contributed by atoms with Gasteiger partial charge in [-0.1, -0.05) is 6.07 Å². The molecule has 5 heteroatoms. The minimum Gasteiger partial charge on any atom is -0.352 e. The Morgan fingerprint density at radius 1 is 1.50 bits per heavy atom. The van der Waals surface area contributed by atoms with Gasteiger partial charge in [0, 0.05) is 30.4 Å². The molecule has 2 N–H and O–H groups in total. The van der Waals surface area contributed by atoms with Crippen LogP contribution in [0.3, 0.4) is 0 Å². The average Bonchev–Trinajstić information content (AvgIpc) is 2.92. The summed E-state index contributed by atoms with van der Waals surface area (Å²) in [7, 11) is 0. The number of nitrogens with one attached hydrogen (secondary N) is 2. The molecule has 18 heavy (non-hydrogen) atoms. The van der Waals surface area contributed by atoms with Crippen molar-refractivity contribution in [3.63, 3.8) is 0 Å². The Balaban J connectivity index is 1.89. The van der Waals surface area contributed by atoms with Crippen molar-refractivity contribution < 1.29 is 4.79 Å². The summed E-state index contributed by atoms with van der Waals surface area (Å²) >= 11 is 0. The third-order valence-electron chi connectivity index (χ3n) is 2.49. The average molecular weight is 240 g/mol. The smallest absolute Gasteiger partial charge is 0.251 e. The number of H-pyrrole nitrogens is 1. The van der Waals surface area contributed by atoms with Gasteiger partial charge in [-0.25, -0.2) is 4.98 Å². The lowest BCUT2D eigenvalue weighted by Gasteiger charge is -2.04. The Bertz CT molecular complexity index is 569. The quantitative estimate of drug-likeness (QED) is 0.843. The summed E-state index contributed by atoms with van der Waals surface area (Å²) in [6.45, 7) is 0.526. The van der Waals surface area contributed by atoms with Gasteiger partial charge in [-0.3, -0.25) is 4.79 Å². The van der Waals surface area contributed by atoms with Crippen molar-refractivity contribution in [3.05, 3.63) is 53.6 Å². The fourth-order valence-corrected chi connectivity index (χ4v) is 1.56. The highest BCUT2D eigenvalue weighted by atomic mass is 16.1. The maximum Gasteiger partial charge on any atom is 0.251 e. The van der Waals surface area contributed by atoms with Crippen molar-refractivity contribution in [2.45, 2.75) is 6.42 Å². The molecule has 2 aromatic rings. The molecule has 0 fully saturated rings. The van der Waals surface area contributed by atoms with Gasteiger partial charge in [-0.2, -0.15) is 5.26 Å². The van der Waals surface area contributed by atoms with Crippen LogP contribution < -0.4 is 5.32 Å². The van der Waals surface area contributed by atoms with E-state index in [0.717, 1.165) is 5.69 Å². The van der Waals surface area contributed by atoms with Crippen LogP contribution in [-0.2, 0) is 6.42 Å². The molecule has 0 spiro atoms. The van der Waals surface area contributed by atoms with Crippen molar-refractivity contribution in [2.75, 3.05) is 6.54 Å². The number of hydrogen-bond acceptors (Lipinski definition) is 3. The summed E-state index contributed by atoms with van der Waals surface area (Å²) in [5.74, 6) is -0.174. The number of carbonyl (C=O) groups excluding carboxylic acids is 1. The van der Waals surface area contributed by atoms with Crippen LogP contribution in [0.5, 0.6) is 0 Å². The van der Waals surface area contributed by atoms with Gasteiger partial charge in [0.05, 0.1) is 18.0 Å². The predicted molar refractivity (Wildman–Crippen MR) is 65.8 cm³/mol. The second kappa shape index (κ2) is 5.64. The van der Waals surface area contributed by atoms with Gasteiger partial charge in [0.25, 0.3) is 5.91 Å². The summed E-state index contributed by atoms with van der Waals surface area (Å²) in [4.78, 5) is 18.7. The van der Waals surface area contributed by atoms with E-state index in [-0.39, 0.29) is 5.91 Å². The maximum absolute atomic E-state index is 11.8. The fourth-order valence-electron chi connectivity index (χ4n) is 1.56. The van der Waals surface area contributed by atoms with Crippen LogP contribution in [-0.4, -0.2) is 22.4 Å². The van der Waals surface area contributed by atoms with Gasteiger partial charge in [-0.15, -0.1) is 0 Å². The first kappa shape index (κ1) is 11.9. The van der Waals surface area contributed by atoms with E-state index >= 15 is 0 Å². The largest absolute Gasteiger partial charge is 0.352 e. The van der Waals surface area contributed by atoms with Gasteiger partial charge < -0.3 is 10.3 Å². The first-order valence-corrected chi connectivity index (χ1v) is 5.55. The number of nitriles is 1. The summed E-state index contributed by atoms with van der Waals surface area (Å²) < 4.78 is 0. The molecule has 1 heterocycles. The van der Waals surface area contributed by atoms with E-state index in [4.69, 9.17) is 5.26 Å². The van der Waals surface area contributed by atoms with Crippen LogP contribution in [0, 0.1) is 11.3 Å². The topological polar surface area (TPSA) is 81.6 Å². The van der Waals surface area contributed by atoms with Crippen LogP contribution in [0.2, 0.25) is 0 Å². The number of carbonyl (C=O) groups is 1. The molecule has 0 aliphatic rings. The van der Waals surface area contributed by atoms with Gasteiger partial charge in [0.2, 0.25) is 0 Å². The Morgan fingerprint density at radius 2 is 2.39 bits per heavy atom. The van der Waals surface area contributed by atoms with Crippen molar-refractivity contribution in [3.8, 4) is 6.07 Å². The van der Waals surface area contributed by atoms with E-state index in [9.17, 15) is 4.79 Å². The Kier molecular flexibility index (Phi) is 3.72. The summed E-state index contributed by atoms with van der Waals surface area (Å²) in [6, 6.07) is 8.63. The molecule has 5 nitrogen and oxygen atoms in total. The molecule has 0 saturated carbocycles. The molecule has 1 aromatic heterocycles. The van der Waals surface area contributed by atoms with Gasteiger partial charge in [0.1, 0.15) is 0 Å². The molecule has 0 bridgehead atoms. The number of aromatic nitrogens is 2. The summed E-state index contributed by atoms with van der Waals surface area (Å²) in [5, 5.41) is 11.5. The van der Waals surface area contributed by atoms with Gasteiger partial charge in [0.15, 0.2) is 0 Å². The monoisotopic (exact) mass is 240 g/mol. The Labute approximate surface area is 104 Å². The molecule has 0 unspecified atom stereocenters. The van der Waals surface area contributed by atoms with Crippen LogP contribution in [0.25, 0.3) is 0 Å². The molecule has 1 amide bonds. The van der Waals surface area contributed by atoms with Gasteiger partial charge in [-0.05, 0) is 18.2 Å². The van der Waals surface area contributed by atoms with Crippen molar-refractivity contribution in [1.29, 1.82) is 5.26 Å². The highest BCUT2D eigenvalue weighted by molar-refractivity contribution is 5.94. The second-order valence-corrected chi connectivity index (χ2v) is 3.78. The molecule has 2 rings (SSSR count). The first-order chi connectivity index (χ1) is 8.79. The fraction of sp³-hybridized carbons (Fsp3) is 0.154. The molecular weight excluding hydrogens is 228 g/mol. The lowest BCUT2D eigenvalue weighted by molar-refractivity contribution is 0.0954. The number of aromatic amines is 1. The number of imidazole rings is 1. The summed E-state index contributed by atoms with van der Waals surface area (Å²) in [6.07, 6.45) is 4.03. The zero-order chi connectivity index (χ0) is 12.8. The minimum absolute atomic E-state index is 0.174. The molecule has 0 aliphatic carbocycles. The molecule has 0 saturated heterocycles. The van der Waals surface area contributed by atoms with E-state index in [1.807, 2.05) is 6.07 Å². The number of amides is 1. The van der Waals surface area contributed by atoms with Crippen LogP contribution in [0.4, 0.5) is 0 Å². The zero-order valence-electron chi connectivity index (χ0n) is 9.68. The van der Waals surface area contributed by atoms with E-state index in [0.29, 0.717) is 24.1 Å². The lowest BCUT2D eigenvalue weighted by Crippen LogP contribution is -2.25. The van der Waals surface area contributed by atoms with E-state index in [2.05, 4.69) is 15.3 Å². The normalized spacial score (nSPS) is 9.72. The predicted octanol–water partition coefficient (Wildman–Crippen LogP) is 1.25. The highest BCUT2D eigenvalue weighted by Gasteiger charge is 2.05. The first-order valence-electron chi connectivity index (χ1n) is 5.55. The summed E-state index contributed by atoms with van der Waals surface area (Å²) in [5.41, 5.74) is 1.95. The molecule has 0 radical (unpaired) electrons. The number of rotatable bonds is 4. The SMILES string of the molecule is N#Cc1cccc(C(=O)NCCc2cnc[nH]2)c1. The maximum atomic E-state index is 11.8. The van der Waals surface area contributed by atoms with Crippen LogP contribution in [0.15, 0.2) is 36.8 Å². The third-order valence-corrected chi connectivity index (χ3v) is 2.49. The number of hydrogen-bond donors (Lipinski definition) is 2. The van der Waals surface area contributed by atoms with E-state index in [1.54, 1.807) is 36.8 Å². The standard InChI is InChI=1S/C13H12N4O/c14-7-10-2-1-3-11(6-10)13(18)16-5-4-12-8-15-9-17-12/h1-3,6,8-9H,4-5H2,(H,15,17)(H,16,18). The van der Waals surface area contributed by atoms with Crippen molar-refractivity contribution >= 4 is 5.91 Å². The van der Waals surface area contributed by atoms with Crippen LogP contribution >= 0.6 is 0 Å². The Hall–Kier alpha value is -2.61. The van der Waals surface area contributed by atoms with Gasteiger partial charge >= 0.3 is 0 Å². The van der Waals surface area contributed by atoms with Crippen LogP contribution in [0.1, 0.15) is 21.6 Å². The highest BCUT2D eigenvalue weighted by Crippen LogP contribution is 2.03. The van der Waals surface area contributed by atoms with E-state index < -0.39 is 0 Å².